The standard InChI is InChI=1S/C28H40N4O7S.2ClH/c1-4-5-20-39-24-9-6-22(7-10-24)31-16-18-32(19-17-31)40(35,36)28(27(33)29-34)12-14-30(15-13-28)23-8-11-25(37-2)26(21-23)38-3;;/h6-11,21,34H,4-5,12-20H2,1-3H3,(H,29,33);2*1H. The average molecular weight is 650 g/mol. The third-order valence-corrected chi connectivity index (χ3v) is 10.5. The summed E-state index contributed by atoms with van der Waals surface area (Å²) in [6, 6.07) is 13.3. The number of carbonyl (C=O) groups is 1. The number of anilines is 2. The van der Waals surface area contributed by atoms with E-state index in [1.54, 1.807) is 25.8 Å². The van der Waals surface area contributed by atoms with Gasteiger partial charge in [-0.3, -0.25) is 10.0 Å². The van der Waals surface area contributed by atoms with Crippen LogP contribution in [0.5, 0.6) is 17.2 Å². The van der Waals surface area contributed by atoms with Gasteiger partial charge in [-0.15, -0.1) is 24.8 Å². The van der Waals surface area contributed by atoms with E-state index in [4.69, 9.17) is 14.2 Å². The van der Waals surface area contributed by atoms with Crippen molar-refractivity contribution in [2.24, 2.45) is 0 Å². The number of hydrogen-bond acceptors (Lipinski definition) is 9. The lowest BCUT2D eigenvalue weighted by molar-refractivity contribution is -0.132. The van der Waals surface area contributed by atoms with Crippen LogP contribution in [0.4, 0.5) is 11.4 Å². The first kappa shape index (κ1) is 35.6. The summed E-state index contributed by atoms with van der Waals surface area (Å²) in [5, 5.41) is 9.56. The molecule has 2 aromatic rings. The van der Waals surface area contributed by atoms with E-state index in [2.05, 4.69) is 11.8 Å². The van der Waals surface area contributed by atoms with Gasteiger partial charge in [0.05, 0.1) is 20.8 Å². The Morgan fingerprint density at radius 2 is 1.45 bits per heavy atom. The average Bonchev–Trinajstić information content (AvgIpc) is 3.00. The van der Waals surface area contributed by atoms with Crippen molar-refractivity contribution >= 4 is 52.1 Å². The summed E-state index contributed by atoms with van der Waals surface area (Å²) in [5.74, 6) is 1.08. The van der Waals surface area contributed by atoms with Crippen molar-refractivity contribution in [2.45, 2.75) is 37.4 Å². The number of carbonyl (C=O) groups excluding carboxylic acids is 1. The van der Waals surface area contributed by atoms with E-state index in [9.17, 15) is 18.4 Å². The predicted molar refractivity (Wildman–Crippen MR) is 168 cm³/mol. The zero-order valence-corrected chi connectivity index (χ0v) is 26.7. The van der Waals surface area contributed by atoms with Crippen molar-refractivity contribution in [2.75, 3.05) is 69.9 Å². The fourth-order valence-corrected chi connectivity index (χ4v) is 7.49. The number of amides is 1. The number of nitrogens with zero attached hydrogens (tertiary/aromatic N) is 3. The third-order valence-electron chi connectivity index (χ3n) is 7.86. The number of hydrogen-bond donors (Lipinski definition) is 2. The Bertz CT molecular complexity index is 1250. The number of hydroxylamine groups is 1. The molecule has 0 unspecified atom stereocenters. The summed E-state index contributed by atoms with van der Waals surface area (Å²) in [5.41, 5.74) is 3.47. The van der Waals surface area contributed by atoms with E-state index in [0.717, 1.165) is 30.0 Å². The van der Waals surface area contributed by atoms with Gasteiger partial charge in [0.15, 0.2) is 16.2 Å². The van der Waals surface area contributed by atoms with E-state index in [-0.39, 0.29) is 50.7 Å². The molecule has 2 heterocycles. The van der Waals surface area contributed by atoms with Crippen LogP contribution in [0.25, 0.3) is 0 Å². The molecule has 2 fully saturated rings. The topological polar surface area (TPSA) is 121 Å². The van der Waals surface area contributed by atoms with Crippen molar-refractivity contribution in [3.8, 4) is 17.2 Å². The molecule has 0 aromatic heterocycles. The van der Waals surface area contributed by atoms with Crippen molar-refractivity contribution in [1.29, 1.82) is 0 Å². The molecule has 0 atom stereocenters. The summed E-state index contributed by atoms with van der Waals surface area (Å²) >= 11 is 0. The largest absolute Gasteiger partial charge is 0.494 e. The fourth-order valence-electron chi connectivity index (χ4n) is 5.37. The zero-order valence-electron chi connectivity index (χ0n) is 24.3. The summed E-state index contributed by atoms with van der Waals surface area (Å²) in [6.07, 6.45) is 2.15. The molecule has 0 saturated carbocycles. The molecule has 1 amide bonds. The molecule has 42 heavy (non-hydrogen) atoms. The maximum Gasteiger partial charge on any atom is 0.266 e. The third kappa shape index (κ3) is 7.28. The first-order chi connectivity index (χ1) is 19.3. The quantitative estimate of drug-likeness (QED) is 0.213. The molecule has 14 heteroatoms. The van der Waals surface area contributed by atoms with Gasteiger partial charge in [-0.25, -0.2) is 13.9 Å². The Labute approximate surface area is 260 Å². The van der Waals surface area contributed by atoms with Gasteiger partial charge in [0.1, 0.15) is 5.75 Å². The van der Waals surface area contributed by atoms with E-state index in [0.29, 0.717) is 44.3 Å². The van der Waals surface area contributed by atoms with Crippen LogP contribution in [0, 0.1) is 0 Å². The fraction of sp³-hybridized carbons (Fsp3) is 0.536. The molecular weight excluding hydrogens is 607 g/mol. The molecule has 2 saturated heterocycles. The molecule has 2 aliphatic rings. The maximum absolute atomic E-state index is 14.0. The molecule has 236 valence electrons. The van der Waals surface area contributed by atoms with Crippen LogP contribution >= 0.6 is 24.8 Å². The highest BCUT2D eigenvalue weighted by Gasteiger charge is 2.55. The number of ether oxygens (including phenoxy) is 3. The number of sulfonamides is 1. The first-order valence-electron chi connectivity index (χ1n) is 13.7. The van der Waals surface area contributed by atoms with Crippen molar-refractivity contribution in [1.82, 2.24) is 9.79 Å². The number of rotatable bonds is 11. The molecule has 0 radical (unpaired) electrons. The summed E-state index contributed by atoms with van der Waals surface area (Å²) in [4.78, 5) is 17.1. The van der Waals surface area contributed by atoms with Gasteiger partial charge < -0.3 is 24.0 Å². The van der Waals surface area contributed by atoms with Crippen molar-refractivity contribution in [3.63, 3.8) is 0 Å². The number of halogens is 2. The number of methoxy groups -OCH3 is 2. The maximum atomic E-state index is 14.0. The Morgan fingerprint density at radius 3 is 2.00 bits per heavy atom. The van der Waals surface area contributed by atoms with Crippen LogP contribution in [-0.4, -0.2) is 88.7 Å². The number of benzene rings is 2. The van der Waals surface area contributed by atoms with Gasteiger partial charge >= 0.3 is 0 Å². The van der Waals surface area contributed by atoms with Gasteiger partial charge in [0, 0.05) is 56.7 Å². The minimum Gasteiger partial charge on any atom is -0.494 e. The molecule has 0 aliphatic carbocycles. The first-order valence-corrected chi connectivity index (χ1v) is 15.1. The number of piperidine rings is 1. The number of nitrogens with one attached hydrogen (secondary N) is 1. The second-order valence-corrected chi connectivity index (χ2v) is 12.3. The van der Waals surface area contributed by atoms with E-state index >= 15 is 0 Å². The van der Waals surface area contributed by atoms with Gasteiger partial charge in [-0.05, 0) is 55.7 Å². The summed E-state index contributed by atoms with van der Waals surface area (Å²) in [6.45, 7) is 4.90. The Hall–Kier alpha value is -2.64. The molecule has 11 nitrogen and oxygen atoms in total. The molecule has 2 aromatic carbocycles. The normalized spacial score (nSPS) is 17.0. The van der Waals surface area contributed by atoms with Gasteiger partial charge in [-0.2, -0.15) is 4.31 Å². The van der Waals surface area contributed by atoms with Crippen LogP contribution in [0.2, 0.25) is 0 Å². The molecule has 0 spiro atoms. The monoisotopic (exact) mass is 648 g/mol. The Balaban J connectivity index is 0.00000308. The lowest BCUT2D eigenvalue weighted by atomic mass is 9.94. The Morgan fingerprint density at radius 1 is 0.881 bits per heavy atom. The molecular formula is C28H42Cl2N4O7S. The highest BCUT2D eigenvalue weighted by molar-refractivity contribution is 7.91. The SMILES string of the molecule is CCCCOc1ccc(N2CCN(S(=O)(=O)C3(C(=O)NO)CCN(c4ccc(OC)c(OC)c4)CC3)CC2)cc1.Cl.Cl. The molecule has 0 bridgehead atoms. The molecule has 4 rings (SSSR count). The van der Waals surface area contributed by atoms with Crippen molar-refractivity contribution < 1.29 is 32.6 Å². The van der Waals surface area contributed by atoms with Gasteiger partial charge in [-0.1, -0.05) is 13.3 Å². The van der Waals surface area contributed by atoms with Crippen LogP contribution in [0.15, 0.2) is 42.5 Å². The molecule has 2 N–H and O–H groups in total. The van der Waals surface area contributed by atoms with E-state index < -0.39 is 20.7 Å². The lowest BCUT2D eigenvalue weighted by Crippen LogP contribution is -2.63. The highest BCUT2D eigenvalue weighted by atomic mass is 35.5. The number of unbranched alkanes of at least 4 members (excludes halogenated alkanes) is 1. The minimum absolute atomic E-state index is 0. The smallest absolute Gasteiger partial charge is 0.266 e. The second-order valence-electron chi connectivity index (χ2n) is 10.0. The zero-order chi connectivity index (χ0) is 28.8. The number of piperazine rings is 1. The van der Waals surface area contributed by atoms with Crippen molar-refractivity contribution in [3.05, 3.63) is 42.5 Å². The van der Waals surface area contributed by atoms with E-state index in [1.807, 2.05) is 41.3 Å². The van der Waals surface area contributed by atoms with Crippen LogP contribution in [-0.2, 0) is 14.8 Å². The van der Waals surface area contributed by atoms with Gasteiger partial charge in [0.25, 0.3) is 5.91 Å². The summed E-state index contributed by atoms with van der Waals surface area (Å²) < 4.78 is 44.0. The molecule has 2 aliphatic heterocycles. The van der Waals surface area contributed by atoms with Crippen LogP contribution in [0.1, 0.15) is 32.6 Å². The minimum atomic E-state index is -4.07. The second kappa shape index (κ2) is 15.7. The summed E-state index contributed by atoms with van der Waals surface area (Å²) in [7, 11) is -0.954. The Kier molecular flexibility index (Phi) is 13.3. The lowest BCUT2D eigenvalue weighted by Gasteiger charge is -2.44. The highest BCUT2D eigenvalue weighted by Crippen LogP contribution is 2.38. The van der Waals surface area contributed by atoms with Gasteiger partial charge in [0.2, 0.25) is 10.0 Å². The van der Waals surface area contributed by atoms with Crippen LogP contribution < -0.4 is 29.5 Å². The van der Waals surface area contributed by atoms with Crippen LogP contribution in [0.3, 0.4) is 0 Å². The van der Waals surface area contributed by atoms with E-state index in [1.165, 1.54) is 4.31 Å². The predicted octanol–water partition coefficient (Wildman–Crippen LogP) is 3.72.